The van der Waals surface area contributed by atoms with Crippen LogP contribution in [-0.2, 0) is 16.0 Å². The molecule has 1 saturated carbocycles. The van der Waals surface area contributed by atoms with Gasteiger partial charge in [-0.25, -0.2) is 0 Å². The minimum absolute atomic E-state index is 0.101. The summed E-state index contributed by atoms with van der Waals surface area (Å²) in [6, 6.07) is 2.69. The maximum absolute atomic E-state index is 5.70. The number of aliphatic imine (C=N–C) groups is 1. The fourth-order valence-electron chi connectivity index (χ4n) is 3.54. The van der Waals surface area contributed by atoms with E-state index in [1.165, 1.54) is 25.7 Å². The van der Waals surface area contributed by atoms with Crippen LogP contribution >= 0.6 is 0 Å². The highest BCUT2D eigenvalue weighted by Crippen LogP contribution is 2.28. The van der Waals surface area contributed by atoms with Crippen molar-refractivity contribution >= 4 is 5.96 Å². The van der Waals surface area contributed by atoms with Gasteiger partial charge < -0.3 is 19.7 Å². The second kappa shape index (κ2) is 8.48. The Hall–Kier alpha value is -1.60. The van der Waals surface area contributed by atoms with Crippen LogP contribution in [0.5, 0.6) is 0 Å². The molecular formula is C17H29N5O2. The summed E-state index contributed by atoms with van der Waals surface area (Å²) in [4.78, 5) is 6.63. The van der Waals surface area contributed by atoms with E-state index < -0.39 is 0 Å². The molecule has 1 saturated heterocycles. The van der Waals surface area contributed by atoms with Gasteiger partial charge in [0.25, 0.3) is 0 Å². The summed E-state index contributed by atoms with van der Waals surface area (Å²) in [5, 5.41) is 8.15. The quantitative estimate of drug-likeness (QED) is 0.651. The lowest BCUT2D eigenvalue weighted by Crippen LogP contribution is -2.51. The summed E-state index contributed by atoms with van der Waals surface area (Å²) in [5.74, 6) is 0.898. The first-order valence-corrected chi connectivity index (χ1v) is 8.90. The molecular weight excluding hydrogens is 306 g/mol. The second-order valence-electron chi connectivity index (χ2n) is 6.52. The maximum atomic E-state index is 5.70. The number of hydrogen-bond acceptors (Lipinski definition) is 4. The first kappa shape index (κ1) is 17.2. The molecule has 0 spiro atoms. The van der Waals surface area contributed by atoms with E-state index in [-0.39, 0.29) is 6.10 Å². The zero-order chi connectivity index (χ0) is 16.8. The summed E-state index contributed by atoms with van der Waals surface area (Å²) in [6.07, 6.45) is 7.37. The van der Waals surface area contributed by atoms with Crippen molar-refractivity contribution in [1.29, 1.82) is 0 Å². The zero-order valence-electron chi connectivity index (χ0n) is 14.8. The van der Waals surface area contributed by atoms with Gasteiger partial charge in [0, 0.05) is 33.4 Å². The van der Waals surface area contributed by atoms with Crippen LogP contribution in [0.25, 0.3) is 0 Å². The van der Waals surface area contributed by atoms with Gasteiger partial charge in [0.2, 0.25) is 0 Å². The van der Waals surface area contributed by atoms with Crippen LogP contribution in [-0.4, -0.2) is 67.2 Å². The van der Waals surface area contributed by atoms with E-state index in [2.05, 4.69) is 32.2 Å². The molecule has 1 atom stereocenters. The molecule has 7 nitrogen and oxygen atoms in total. The highest BCUT2D eigenvalue weighted by atomic mass is 16.5. The highest BCUT2D eigenvalue weighted by Gasteiger charge is 2.23. The van der Waals surface area contributed by atoms with Crippen molar-refractivity contribution in [3.05, 3.63) is 18.0 Å². The Labute approximate surface area is 144 Å². The Morgan fingerprint density at radius 1 is 1.46 bits per heavy atom. The number of nitrogens with zero attached hydrogens (tertiary/aromatic N) is 4. The topological polar surface area (TPSA) is 63.9 Å². The number of guanidine groups is 1. The highest BCUT2D eigenvalue weighted by molar-refractivity contribution is 5.79. The summed E-state index contributed by atoms with van der Waals surface area (Å²) >= 11 is 0. The van der Waals surface area contributed by atoms with Crippen LogP contribution in [0.2, 0.25) is 0 Å². The summed E-state index contributed by atoms with van der Waals surface area (Å²) < 4.78 is 13.0. The first-order valence-electron chi connectivity index (χ1n) is 8.90. The largest absolute Gasteiger partial charge is 0.382 e. The third kappa shape index (κ3) is 4.27. The fraction of sp³-hybridized carbons (Fsp3) is 0.765. The minimum atomic E-state index is 0.101. The lowest BCUT2D eigenvalue weighted by Gasteiger charge is -2.34. The van der Waals surface area contributed by atoms with Crippen LogP contribution in [0.4, 0.5) is 0 Å². The van der Waals surface area contributed by atoms with Crippen molar-refractivity contribution in [2.45, 2.75) is 44.4 Å². The molecule has 2 aliphatic rings. The van der Waals surface area contributed by atoms with E-state index in [9.17, 15) is 0 Å². The van der Waals surface area contributed by atoms with Gasteiger partial charge >= 0.3 is 0 Å². The van der Waals surface area contributed by atoms with Gasteiger partial charge in [-0.15, -0.1) is 0 Å². The predicted octanol–water partition coefficient (Wildman–Crippen LogP) is 1.42. The minimum Gasteiger partial charge on any atom is -0.382 e. The Balaban J connectivity index is 1.52. The van der Waals surface area contributed by atoms with Gasteiger partial charge in [0.15, 0.2) is 5.96 Å². The number of aromatic nitrogens is 2. The summed E-state index contributed by atoms with van der Waals surface area (Å²) in [5.41, 5.74) is 1.06. The molecule has 2 heterocycles. The second-order valence-corrected chi connectivity index (χ2v) is 6.52. The van der Waals surface area contributed by atoms with Crippen molar-refractivity contribution in [1.82, 2.24) is 20.0 Å². The van der Waals surface area contributed by atoms with Crippen LogP contribution in [0.1, 0.15) is 37.4 Å². The fourth-order valence-corrected chi connectivity index (χ4v) is 3.54. The Morgan fingerprint density at radius 2 is 2.29 bits per heavy atom. The number of methoxy groups -OCH3 is 1. The van der Waals surface area contributed by atoms with Crippen molar-refractivity contribution in [3.63, 3.8) is 0 Å². The number of nitrogens with one attached hydrogen (secondary N) is 1. The number of hydrogen-bond donors (Lipinski definition) is 1. The van der Waals surface area contributed by atoms with Crippen LogP contribution < -0.4 is 5.32 Å². The first-order chi connectivity index (χ1) is 11.8. The number of rotatable bonds is 5. The van der Waals surface area contributed by atoms with Crippen molar-refractivity contribution in [2.75, 3.05) is 40.5 Å². The molecule has 24 heavy (non-hydrogen) atoms. The normalized spacial score (nSPS) is 23.0. The molecule has 3 rings (SSSR count). The molecule has 0 aromatic carbocycles. The molecule has 1 unspecified atom stereocenters. The van der Waals surface area contributed by atoms with Crippen LogP contribution in [0, 0.1) is 0 Å². The molecule has 2 fully saturated rings. The summed E-state index contributed by atoms with van der Waals surface area (Å²) in [6.45, 7) is 3.64. The SMILES string of the molecule is CN=C(NCc1ccn(C2CCCC2)n1)N1CCOC(COC)C1. The standard InChI is InChI=1S/C17H29N5O2/c1-18-17(21-9-10-24-16(12-21)13-23-2)19-11-14-7-8-22(20-14)15-5-3-4-6-15/h7-8,15-16H,3-6,9-13H2,1-2H3,(H,18,19). The van der Waals surface area contributed by atoms with E-state index in [1.54, 1.807) is 7.11 Å². The Kier molecular flexibility index (Phi) is 6.09. The Morgan fingerprint density at radius 3 is 3.04 bits per heavy atom. The van der Waals surface area contributed by atoms with E-state index >= 15 is 0 Å². The lowest BCUT2D eigenvalue weighted by molar-refractivity contribution is -0.0447. The van der Waals surface area contributed by atoms with Crippen LogP contribution in [0.15, 0.2) is 17.3 Å². The smallest absolute Gasteiger partial charge is 0.194 e. The monoisotopic (exact) mass is 335 g/mol. The lowest BCUT2D eigenvalue weighted by atomic mass is 10.3. The molecule has 134 valence electrons. The van der Waals surface area contributed by atoms with Gasteiger partial charge in [-0.3, -0.25) is 9.67 Å². The van der Waals surface area contributed by atoms with Crippen molar-refractivity contribution in [3.8, 4) is 0 Å². The predicted molar refractivity (Wildman–Crippen MR) is 93.1 cm³/mol. The molecule has 1 N–H and O–H groups in total. The Bertz CT molecular complexity index is 537. The zero-order valence-corrected chi connectivity index (χ0v) is 14.8. The van der Waals surface area contributed by atoms with E-state index in [0.29, 0.717) is 25.8 Å². The summed E-state index contributed by atoms with van der Waals surface area (Å²) in [7, 11) is 3.52. The third-order valence-corrected chi connectivity index (χ3v) is 4.79. The van der Waals surface area contributed by atoms with Gasteiger partial charge in [-0.05, 0) is 18.9 Å². The molecule has 0 radical (unpaired) electrons. The molecule has 7 heteroatoms. The van der Waals surface area contributed by atoms with Crippen LogP contribution in [0.3, 0.4) is 0 Å². The number of ether oxygens (including phenoxy) is 2. The van der Waals surface area contributed by atoms with Crippen molar-refractivity contribution < 1.29 is 9.47 Å². The van der Waals surface area contributed by atoms with Gasteiger partial charge in [0.05, 0.1) is 37.6 Å². The molecule has 1 aromatic heterocycles. The third-order valence-electron chi connectivity index (χ3n) is 4.79. The molecule has 1 aromatic rings. The average Bonchev–Trinajstić information content (AvgIpc) is 3.27. The van der Waals surface area contributed by atoms with Gasteiger partial charge in [-0.1, -0.05) is 12.8 Å². The van der Waals surface area contributed by atoms with E-state index in [1.807, 2.05) is 7.05 Å². The van der Waals surface area contributed by atoms with E-state index in [4.69, 9.17) is 14.6 Å². The van der Waals surface area contributed by atoms with Gasteiger partial charge in [0.1, 0.15) is 0 Å². The molecule has 0 bridgehead atoms. The number of morpholine rings is 1. The van der Waals surface area contributed by atoms with E-state index in [0.717, 1.165) is 24.7 Å². The average molecular weight is 335 g/mol. The van der Waals surface area contributed by atoms with Crippen molar-refractivity contribution in [2.24, 2.45) is 4.99 Å². The maximum Gasteiger partial charge on any atom is 0.194 e. The molecule has 1 aliphatic heterocycles. The molecule has 0 amide bonds. The molecule has 1 aliphatic carbocycles. The van der Waals surface area contributed by atoms with Gasteiger partial charge in [-0.2, -0.15) is 5.10 Å².